The van der Waals surface area contributed by atoms with E-state index in [0.29, 0.717) is 35.1 Å². The van der Waals surface area contributed by atoms with Crippen LogP contribution in [0.2, 0.25) is 5.02 Å². The van der Waals surface area contributed by atoms with Crippen LogP contribution >= 0.6 is 35.2 Å². The molecule has 0 radical (unpaired) electrons. The second kappa shape index (κ2) is 9.91. The number of rotatable bonds is 8. The highest BCUT2D eigenvalue weighted by Gasteiger charge is 2.34. The normalized spacial score (nSPS) is 16.7. The minimum absolute atomic E-state index is 0.244. The number of ether oxygens (including phenoxy) is 1. The van der Waals surface area contributed by atoms with Gasteiger partial charge >= 0.3 is 0 Å². The quantitative estimate of drug-likeness (QED) is 0.339. The number of thiocarbonyl (C=S) groups is 1. The highest BCUT2D eigenvalue weighted by atomic mass is 35.5. The van der Waals surface area contributed by atoms with E-state index < -0.39 is 0 Å². The van der Waals surface area contributed by atoms with E-state index in [0.717, 1.165) is 34.7 Å². The van der Waals surface area contributed by atoms with E-state index >= 15 is 0 Å². The number of hydrogen-bond acceptors (Lipinski definition) is 6. The van der Waals surface area contributed by atoms with Crippen LogP contribution in [0.25, 0.3) is 16.3 Å². The Morgan fingerprint density at radius 1 is 1.32 bits per heavy atom. The zero-order valence-corrected chi connectivity index (χ0v) is 19.7. The molecule has 162 valence electrons. The van der Waals surface area contributed by atoms with Crippen molar-refractivity contribution in [3.8, 4) is 10.7 Å². The van der Waals surface area contributed by atoms with Crippen LogP contribution in [0.1, 0.15) is 37.8 Å². The summed E-state index contributed by atoms with van der Waals surface area (Å²) < 4.78 is 11.2. The van der Waals surface area contributed by atoms with Gasteiger partial charge in [0.1, 0.15) is 0 Å². The summed E-state index contributed by atoms with van der Waals surface area (Å²) >= 11 is 13.6. The van der Waals surface area contributed by atoms with Crippen molar-refractivity contribution in [2.45, 2.75) is 26.3 Å². The maximum Gasteiger partial charge on any atom is 0.258 e. The molecule has 0 aliphatic carbocycles. The topological polar surface area (TPSA) is 63.4 Å². The predicted octanol–water partition coefficient (Wildman–Crippen LogP) is 5.54. The van der Waals surface area contributed by atoms with Crippen molar-refractivity contribution in [3.05, 3.63) is 64.0 Å². The van der Waals surface area contributed by atoms with E-state index in [2.05, 4.69) is 15.4 Å². The van der Waals surface area contributed by atoms with Gasteiger partial charge in [-0.15, -0.1) is 11.3 Å². The number of nitrogens with zero attached hydrogens (tertiary/aromatic N) is 3. The van der Waals surface area contributed by atoms with Crippen LogP contribution in [0.4, 0.5) is 0 Å². The summed E-state index contributed by atoms with van der Waals surface area (Å²) in [6.07, 6.45) is 0.854. The molecule has 1 aliphatic heterocycles. The van der Waals surface area contributed by atoms with Crippen LogP contribution in [-0.2, 0) is 4.74 Å². The molecule has 4 rings (SSSR count). The Balaban J connectivity index is 1.73. The van der Waals surface area contributed by atoms with Gasteiger partial charge in [0.25, 0.3) is 5.89 Å². The summed E-state index contributed by atoms with van der Waals surface area (Å²) in [5.74, 6) is 1.04. The van der Waals surface area contributed by atoms with Gasteiger partial charge in [-0.1, -0.05) is 35.0 Å². The molecule has 9 heteroatoms. The fraction of sp³-hybridized carbons (Fsp3) is 0.318. The summed E-state index contributed by atoms with van der Waals surface area (Å²) in [6, 6.07) is 11.4. The Hall–Kier alpha value is -2.26. The van der Waals surface area contributed by atoms with Crippen molar-refractivity contribution < 1.29 is 9.26 Å². The molecule has 0 saturated heterocycles. The molecule has 1 unspecified atom stereocenters. The maximum absolute atomic E-state index is 6.28. The number of nitrogens with one attached hydrogen (secondary N) is 1. The number of benzene rings is 1. The van der Waals surface area contributed by atoms with Crippen LogP contribution in [0.3, 0.4) is 0 Å². The monoisotopic (exact) mass is 474 g/mol. The fourth-order valence-electron chi connectivity index (χ4n) is 3.57. The van der Waals surface area contributed by atoms with Gasteiger partial charge in [-0.3, -0.25) is 0 Å². The van der Waals surface area contributed by atoms with Crippen LogP contribution in [0.5, 0.6) is 0 Å². The van der Waals surface area contributed by atoms with Gasteiger partial charge in [0, 0.05) is 30.5 Å². The number of aromatic nitrogens is 2. The first kappa shape index (κ1) is 22.0. The highest BCUT2D eigenvalue weighted by molar-refractivity contribution is 7.80. The molecule has 3 aromatic rings. The third-order valence-corrected chi connectivity index (χ3v) is 6.49. The van der Waals surface area contributed by atoms with E-state index in [-0.39, 0.29) is 6.04 Å². The average molecular weight is 475 g/mol. The molecule has 2 aromatic heterocycles. The number of thiophene rings is 1. The summed E-state index contributed by atoms with van der Waals surface area (Å²) in [4.78, 5) is 7.73. The van der Waals surface area contributed by atoms with Crippen molar-refractivity contribution in [1.82, 2.24) is 20.4 Å². The summed E-state index contributed by atoms with van der Waals surface area (Å²) in [7, 11) is 0. The first-order chi connectivity index (χ1) is 15.1. The predicted molar refractivity (Wildman–Crippen MR) is 128 cm³/mol. The number of allylic oxidation sites excluding steroid dienone is 1. The van der Waals surface area contributed by atoms with Crippen molar-refractivity contribution in [3.63, 3.8) is 0 Å². The van der Waals surface area contributed by atoms with Gasteiger partial charge < -0.3 is 19.5 Å². The van der Waals surface area contributed by atoms with Gasteiger partial charge in [-0.2, -0.15) is 4.98 Å². The summed E-state index contributed by atoms with van der Waals surface area (Å²) in [5.41, 5.74) is 2.85. The molecule has 0 amide bonds. The molecule has 1 aliphatic rings. The minimum atomic E-state index is -0.244. The lowest BCUT2D eigenvalue weighted by Gasteiger charge is -2.37. The molecule has 1 atom stereocenters. The molecule has 1 N–H and O–H groups in total. The molecule has 31 heavy (non-hydrogen) atoms. The molecule has 0 bridgehead atoms. The van der Waals surface area contributed by atoms with Crippen LogP contribution in [0.15, 0.2) is 52.0 Å². The van der Waals surface area contributed by atoms with Crippen molar-refractivity contribution in [2.24, 2.45) is 0 Å². The van der Waals surface area contributed by atoms with Gasteiger partial charge in [0.05, 0.1) is 16.5 Å². The third-order valence-electron chi connectivity index (χ3n) is 5.05. The van der Waals surface area contributed by atoms with Crippen LogP contribution in [-0.4, -0.2) is 39.9 Å². The molecular formula is C22H23ClN4O2S2. The first-order valence-corrected chi connectivity index (χ1v) is 11.7. The molecule has 3 heterocycles. The Kier molecular flexibility index (Phi) is 7.02. The molecule has 6 nitrogen and oxygen atoms in total. The van der Waals surface area contributed by atoms with Crippen molar-refractivity contribution >= 4 is 45.8 Å². The Bertz CT molecular complexity index is 1080. The number of hydrogen-bond donors (Lipinski definition) is 1. The van der Waals surface area contributed by atoms with Gasteiger partial charge in [0.2, 0.25) is 5.82 Å². The summed E-state index contributed by atoms with van der Waals surface area (Å²) in [5, 5.41) is 11.0. The van der Waals surface area contributed by atoms with Gasteiger partial charge in [-0.25, -0.2) is 0 Å². The van der Waals surface area contributed by atoms with Crippen molar-refractivity contribution in [1.29, 1.82) is 0 Å². The summed E-state index contributed by atoms with van der Waals surface area (Å²) in [6.45, 7) is 6.14. The molecule has 0 fully saturated rings. The van der Waals surface area contributed by atoms with Crippen LogP contribution in [0, 0.1) is 0 Å². The highest BCUT2D eigenvalue weighted by Crippen LogP contribution is 2.38. The fourth-order valence-corrected chi connectivity index (χ4v) is 4.77. The lowest BCUT2D eigenvalue weighted by molar-refractivity contribution is 0.141. The van der Waals surface area contributed by atoms with Crippen LogP contribution < -0.4 is 5.32 Å². The lowest BCUT2D eigenvalue weighted by Crippen LogP contribution is -2.46. The largest absolute Gasteiger partial charge is 0.382 e. The lowest BCUT2D eigenvalue weighted by atomic mass is 9.95. The Morgan fingerprint density at radius 3 is 2.94 bits per heavy atom. The molecular weight excluding hydrogens is 452 g/mol. The molecule has 1 aromatic carbocycles. The minimum Gasteiger partial charge on any atom is -0.382 e. The Morgan fingerprint density at radius 2 is 2.19 bits per heavy atom. The van der Waals surface area contributed by atoms with E-state index in [9.17, 15) is 0 Å². The standard InChI is InChI=1S/C22H23ClN4O2S2/c1-3-28-11-6-10-27-14(2)18(21-25-20(26-29-21)17-9-5-12-31-17)19(24-22(27)30)15-7-4-8-16(23)13-15/h4-5,7-9,12-13,19H,3,6,10-11H2,1-2H3,(H,24,30). The SMILES string of the molecule is CCOCCCN1C(=S)NC(c2cccc(Cl)c2)C(c2nc(-c3cccs3)no2)=C1C. The third kappa shape index (κ3) is 4.82. The van der Waals surface area contributed by atoms with E-state index in [1.54, 1.807) is 11.3 Å². The smallest absolute Gasteiger partial charge is 0.258 e. The van der Waals surface area contributed by atoms with E-state index in [1.807, 2.05) is 55.6 Å². The molecule has 0 spiro atoms. The van der Waals surface area contributed by atoms with E-state index in [4.69, 9.17) is 38.1 Å². The average Bonchev–Trinajstić information content (AvgIpc) is 3.44. The number of halogens is 1. The first-order valence-electron chi connectivity index (χ1n) is 10.1. The van der Waals surface area contributed by atoms with E-state index in [1.165, 1.54) is 0 Å². The van der Waals surface area contributed by atoms with Gasteiger partial charge in [0.15, 0.2) is 5.11 Å². The second-order valence-corrected chi connectivity index (χ2v) is 8.81. The van der Waals surface area contributed by atoms with Gasteiger partial charge in [-0.05, 0) is 61.6 Å². The second-order valence-electron chi connectivity index (χ2n) is 7.04. The maximum atomic E-state index is 6.28. The zero-order valence-electron chi connectivity index (χ0n) is 17.3. The Labute approximate surface area is 195 Å². The van der Waals surface area contributed by atoms with Crippen molar-refractivity contribution in [2.75, 3.05) is 19.8 Å². The zero-order chi connectivity index (χ0) is 21.8. The molecule has 0 saturated carbocycles.